The molecule has 0 spiro atoms. The molecule has 2 heterocycles. The van der Waals surface area contributed by atoms with E-state index >= 15 is 0 Å². The number of hydrogen-bond donors (Lipinski definition) is 1. The van der Waals surface area contributed by atoms with Gasteiger partial charge in [-0.05, 0) is 31.2 Å². The molecule has 0 bridgehead atoms. The van der Waals surface area contributed by atoms with Gasteiger partial charge in [-0.3, -0.25) is 5.43 Å². The summed E-state index contributed by atoms with van der Waals surface area (Å²) in [6, 6.07) is 0. The van der Waals surface area contributed by atoms with Gasteiger partial charge in [0, 0.05) is 11.6 Å². The summed E-state index contributed by atoms with van der Waals surface area (Å²) in [5.41, 5.74) is 4.27. The molecule has 0 saturated heterocycles. The van der Waals surface area contributed by atoms with Crippen molar-refractivity contribution in [3.8, 4) is 0 Å². The van der Waals surface area contributed by atoms with Gasteiger partial charge in [-0.1, -0.05) is 0 Å². The maximum Gasteiger partial charge on any atom is 0.158 e. The van der Waals surface area contributed by atoms with E-state index in [1.807, 2.05) is 0 Å². The molecule has 1 aliphatic rings. The van der Waals surface area contributed by atoms with E-state index in [2.05, 4.69) is 27.2 Å². The van der Waals surface area contributed by atoms with Crippen LogP contribution in [-0.2, 0) is 12.8 Å². The fourth-order valence-corrected chi connectivity index (χ4v) is 3.48. The third-order valence-electron chi connectivity index (χ3n) is 2.94. The number of nitrogens with one attached hydrogen (secondary N) is 1. The van der Waals surface area contributed by atoms with Gasteiger partial charge in [0.25, 0.3) is 0 Å². The SMILES string of the molecule is C=NNc1ncnc2sc3c(c12)CCCC3. The molecule has 0 radical (unpaired) electrons. The Morgan fingerprint density at radius 1 is 1.31 bits per heavy atom. The lowest BCUT2D eigenvalue weighted by atomic mass is 9.97. The molecule has 2 aromatic rings. The highest BCUT2D eigenvalue weighted by atomic mass is 32.1. The second-order valence-electron chi connectivity index (χ2n) is 3.88. The minimum atomic E-state index is 0.791. The molecular formula is C11H12N4S. The first-order valence-electron chi connectivity index (χ1n) is 5.37. The molecular weight excluding hydrogens is 220 g/mol. The number of thiophene rings is 1. The van der Waals surface area contributed by atoms with E-state index in [1.165, 1.54) is 29.7 Å². The molecule has 16 heavy (non-hydrogen) atoms. The highest BCUT2D eigenvalue weighted by Gasteiger charge is 2.19. The Kier molecular flexibility index (Phi) is 2.32. The lowest BCUT2D eigenvalue weighted by molar-refractivity contribution is 0.700. The quantitative estimate of drug-likeness (QED) is 0.639. The number of nitrogens with zero attached hydrogens (tertiary/aromatic N) is 3. The van der Waals surface area contributed by atoms with Gasteiger partial charge < -0.3 is 0 Å². The maximum atomic E-state index is 4.33. The summed E-state index contributed by atoms with van der Waals surface area (Å²) in [6.07, 6.45) is 6.44. The lowest BCUT2D eigenvalue weighted by Gasteiger charge is -2.11. The minimum Gasteiger partial charge on any atom is -0.261 e. The highest BCUT2D eigenvalue weighted by molar-refractivity contribution is 7.19. The Morgan fingerprint density at radius 2 is 2.19 bits per heavy atom. The number of aromatic nitrogens is 2. The van der Waals surface area contributed by atoms with E-state index < -0.39 is 0 Å². The minimum absolute atomic E-state index is 0.791. The molecule has 0 unspecified atom stereocenters. The fraction of sp³-hybridized carbons (Fsp3) is 0.364. The number of hydrogen-bond acceptors (Lipinski definition) is 5. The normalized spacial score (nSPS) is 14.8. The molecule has 1 aliphatic carbocycles. The first-order chi connectivity index (χ1) is 7.90. The summed E-state index contributed by atoms with van der Waals surface area (Å²) < 4.78 is 0. The summed E-state index contributed by atoms with van der Waals surface area (Å²) in [4.78, 5) is 11.1. The van der Waals surface area contributed by atoms with Crippen LogP contribution < -0.4 is 5.43 Å². The molecule has 0 amide bonds. The van der Waals surface area contributed by atoms with Crippen molar-refractivity contribution in [2.75, 3.05) is 5.43 Å². The first-order valence-corrected chi connectivity index (χ1v) is 6.19. The average Bonchev–Trinajstić information content (AvgIpc) is 2.68. The smallest absolute Gasteiger partial charge is 0.158 e. The summed E-state index contributed by atoms with van der Waals surface area (Å²) in [7, 11) is 0. The zero-order valence-electron chi connectivity index (χ0n) is 8.86. The zero-order valence-corrected chi connectivity index (χ0v) is 9.68. The van der Waals surface area contributed by atoms with Crippen molar-refractivity contribution >= 4 is 34.1 Å². The number of aryl methyl sites for hydroxylation is 2. The van der Waals surface area contributed by atoms with Crippen LogP contribution in [-0.4, -0.2) is 16.7 Å². The van der Waals surface area contributed by atoms with E-state index in [4.69, 9.17) is 0 Å². The van der Waals surface area contributed by atoms with Crippen molar-refractivity contribution < 1.29 is 0 Å². The molecule has 3 rings (SSSR count). The van der Waals surface area contributed by atoms with Crippen LogP contribution in [0.5, 0.6) is 0 Å². The van der Waals surface area contributed by atoms with Gasteiger partial charge in [0.05, 0.1) is 5.39 Å². The van der Waals surface area contributed by atoms with Crippen LogP contribution in [0.25, 0.3) is 10.2 Å². The second kappa shape index (κ2) is 3.83. The van der Waals surface area contributed by atoms with Gasteiger partial charge in [0.1, 0.15) is 11.2 Å². The molecule has 2 aromatic heterocycles. The molecule has 0 fully saturated rings. The standard InChI is InChI=1S/C11H12N4S/c1-12-15-10-9-7-4-2-3-5-8(7)16-11(9)14-6-13-10/h6H,1-5H2,(H,13,14,15). The number of fused-ring (bicyclic) bond motifs is 3. The lowest BCUT2D eigenvalue weighted by Crippen LogP contribution is -2.00. The Labute approximate surface area is 97.4 Å². The van der Waals surface area contributed by atoms with Gasteiger partial charge >= 0.3 is 0 Å². The van der Waals surface area contributed by atoms with Crippen LogP contribution in [0, 0.1) is 0 Å². The monoisotopic (exact) mass is 232 g/mol. The van der Waals surface area contributed by atoms with Crippen LogP contribution in [0.1, 0.15) is 23.3 Å². The predicted octanol–water partition coefficient (Wildman–Crippen LogP) is 2.60. The Hall–Kier alpha value is -1.49. The molecule has 5 heteroatoms. The number of rotatable bonds is 2. The van der Waals surface area contributed by atoms with Gasteiger partial charge in [0.2, 0.25) is 0 Å². The summed E-state index contributed by atoms with van der Waals surface area (Å²) in [5.74, 6) is 0.791. The largest absolute Gasteiger partial charge is 0.261 e. The molecule has 0 aliphatic heterocycles. The van der Waals surface area contributed by atoms with Crippen molar-refractivity contribution in [1.29, 1.82) is 0 Å². The Morgan fingerprint density at radius 3 is 3.06 bits per heavy atom. The van der Waals surface area contributed by atoms with E-state index in [0.717, 1.165) is 22.5 Å². The molecule has 1 N–H and O–H groups in total. The second-order valence-corrected chi connectivity index (χ2v) is 4.97. The Bertz CT molecular complexity index is 546. The molecule has 0 saturated carbocycles. The summed E-state index contributed by atoms with van der Waals surface area (Å²) >= 11 is 1.79. The number of anilines is 1. The van der Waals surface area contributed by atoms with E-state index in [1.54, 1.807) is 17.7 Å². The van der Waals surface area contributed by atoms with Crippen molar-refractivity contribution in [2.45, 2.75) is 25.7 Å². The van der Waals surface area contributed by atoms with Crippen LogP contribution in [0.15, 0.2) is 11.4 Å². The summed E-state index contributed by atoms with van der Waals surface area (Å²) in [6.45, 7) is 3.44. The van der Waals surface area contributed by atoms with Crippen LogP contribution >= 0.6 is 11.3 Å². The van der Waals surface area contributed by atoms with Crippen LogP contribution in [0.4, 0.5) is 5.82 Å². The van der Waals surface area contributed by atoms with Gasteiger partial charge in [-0.25, -0.2) is 9.97 Å². The van der Waals surface area contributed by atoms with Gasteiger partial charge in [-0.15, -0.1) is 11.3 Å². The van der Waals surface area contributed by atoms with Gasteiger partial charge in [-0.2, -0.15) is 5.10 Å². The molecule has 82 valence electrons. The molecule has 0 atom stereocenters. The number of hydrazone groups is 1. The Balaban J connectivity index is 2.27. The topological polar surface area (TPSA) is 50.2 Å². The highest BCUT2D eigenvalue weighted by Crippen LogP contribution is 2.37. The van der Waals surface area contributed by atoms with Crippen molar-refractivity contribution in [2.24, 2.45) is 5.10 Å². The third kappa shape index (κ3) is 1.39. The fourth-order valence-electron chi connectivity index (χ4n) is 2.25. The summed E-state index contributed by atoms with van der Waals surface area (Å²) in [5, 5.41) is 4.85. The zero-order chi connectivity index (χ0) is 11.0. The van der Waals surface area contributed by atoms with E-state index in [9.17, 15) is 0 Å². The molecule has 0 aromatic carbocycles. The van der Waals surface area contributed by atoms with Gasteiger partial charge in [0.15, 0.2) is 5.82 Å². The third-order valence-corrected chi connectivity index (χ3v) is 4.14. The predicted molar refractivity (Wildman–Crippen MR) is 67.2 cm³/mol. The van der Waals surface area contributed by atoms with E-state index in [0.29, 0.717) is 0 Å². The maximum absolute atomic E-state index is 4.33. The first kappa shape index (κ1) is 9.72. The average molecular weight is 232 g/mol. The molecule has 4 nitrogen and oxygen atoms in total. The van der Waals surface area contributed by atoms with E-state index in [-0.39, 0.29) is 0 Å². The van der Waals surface area contributed by atoms with Crippen LogP contribution in [0.2, 0.25) is 0 Å². The van der Waals surface area contributed by atoms with Crippen LogP contribution in [0.3, 0.4) is 0 Å². The van der Waals surface area contributed by atoms with Crippen molar-refractivity contribution in [3.05, 3.63) is 16.8 Å². The van der Waals surface area contributed by atoms with Crippen molar-refractivity contribution in [3.63, 3.8) is 0 Å². The van der Waals surface area contributed by atoms with Crippen molar-refractivity contribution in [1.82, 2.24) is 9.97 Å².